The average Bonchev–Trinajstić information content (AvgIpc) is 3.61. The number of amidine groups is 1. The quantitative estimate of drug-likeness (QED) is 0.481. The number of nitrogens with zero attached hydrogens (tertiary/aromatic N) is 2. The SMILES string of the molecule is CCOC(=O)C1=C(C)N=C2SC=C(CC(=O)NC3CC3)N2C1c1cccc(OCc2ccccc2)c1. The van der Waals surface area contributed by atoms with E-state index in [0.29, 0.717) is 23.6 Å². The molecule has 2 heterocycles. The summed E-state index contributed by atoms with van der Waals surface area (Å²) >= 11 is 1.47. The van der Waals surface area contributed by atoms with Crippen LogP contribution in [-0.2, 0) is 20.9 Å². The number of nitrogens with one attached hydrogen (secondary N) is 1. The minimum atomic E-state index is -0.480. The van der Waals surface area contributed by atoms with Crippen molar-refractivity contribution < 1.29 is 19.1 Å². The molecular formula is C28H29N3O4S. The number of ether oxygens (including phenoxy) is 2. The van der Waals surface area contributed by atoms with E-state index < -0.39 is 12.0 Å². The molecule has 5 rings (SSSR count). The Kier molecular flexibility index (Phi) is 7.13. The minimum absolute atomic E-state index is 0.0201. The molecule has 1 fully saturated rings. The molecule has 1 aliphatic carbocycles. The predicted molar refractivity (Wildman–Crippen MR) is 140 cm³/mol. The second-order valence-corrected chi connectivity index (χ2v) is 9.82. The van der Waals surface area contributed by atoms with E-state index in [0.717, 1.165) is 34.8 Å². The number of carbonyl (C=O) groups excluding carboxylic acids is 2. The molecule has 2 aliphatic heterocycles. The lowest BCUT2D eigenvalue weighted by atomic mass is 9.93. The van der Waals surface area contributed by atoms with Gasteiger partial charge >= 0.3 is 5.97 Å². The Morgan fingerprint density at radius 2 is 1.94 bits per heavy atom. The summed E-state index contributed by atoms with van der Waals surface area (Å²) in [5, 5.41) is 5.76. The zero-order valence-corrected chi connectivity index (χ0v) is 21.2. The summed E-state index contributed by atoms with van der Waals surface area (Å²) in [5.41, 5.74) is 3.83. The van der Waals surface area contributed by atoms with Crippen LogP contribution >= 0.6 is 11.8 Å². The van der Waals surface area contributed by atoms with E-state index in [4.69, 9.17) is 14.5 Å². The van der Waals surface area contributed by atoms with E-state index in [1.807, 2.05) is 71.8 Å². The van der Waals surface area contributed by atoms with Crippen LogP contribution in [0.2, 0.25) is 0 Å². The van der Waals surface area contributed by atoms with Gasteiger partial charge in [-0.15, -0.1) is 0 Å². The first-order chi connectivity index (χ1) is 17.5. The number of carbonyl (C=O) groups is 2. The van der Waals surface area contributed by atoms with Gasteiger partial charge in [-0.25, -0.2) is 9.79 Å². The maximum Gasteiger partial charge on any atom is 0.338 e. The number of benzene rings is 2. The van der Waals surface area contributed by atoms with E-state index in [1.165, 1.54) is 11.8 Å². The van der Waals surface area contributed by atoms with Crippen LogP contribution in [-0.4, -0.2) is 34.6 Å². The first-order valence-electron chi connectivity index (χ1n) is 12.2. The van der Waals surface area contributed by atoms with Gasteiger partial charge in [-0.1, -0.05) is 54.2 Å². The van der Waals surface area contributed by atoms with Gasteiger partial charge in [-0.05, 0) is 55.4 Å². The Morgan fingerprint density at radius 1 is 1.14 bits per heavy atom. The highest BCUT2D eigenvalue weighted by atomic mass is 32.2. The van der Waals surface area contributed by atoms with Gasteiger partial charge in [0, 0.05) is 11.7 Å². The van der Waals surface area contributed by atoms with Gasteiger partial charge in [0.15, 0.2) is 5.17 Å². The van der Waals surface area contributed by atoms with Crippen LogP contribution in [0, 0.1) is 0 Å². The molecule has 2 aromatic carbocycles. The molecule has 0 bridgehead atoms. The van der Waals surface area contributed by atoms with Crippen molar-refractivity contribution >= 4 is 28.8 Å². The van der Waals surface area contributed by atoms with E-state index in [2.05, 4.69) is 5.32 Å². The molecule has 3 aliphatic rings. The fourth-order valence-corrected chi connectivity index (χ4v) is 5.31. The number of fused-ring (bicyclic) bond motifs is 1. The van der Waals surface area contributed by atoms with Crippen molar-refractivity contribution in [1.82, 2.24) is 10.2 Å². The van der Waals surface area contributed by atoms with Crippen molar-refractivity contribution in [3.63, 3.8) is 0 Å². The maximum absolute atomic E-state index is 13.1. The number of hydrogen-bond acceptors (Lipinski definition) is 7. The van der Waals surface area contributed by atoms with Crippen molar-refractivity contribution in [2.75, 3.05) is 6.61 Å². The van der Waals surface area contributed by atoms with Crippen LogP contribution in [0.15, 0.2) is 82.0 Å². The van der Waals surface area contributed by atoms with Crippen molar-refractivity contribution in [2.24, 2.45) is 4.99 Å². The first-order valence-corrected chi connectivity index (χ1v) is 13.1. The Bertz CT molecular complexity index is 1250. The number of rotatable bonds is 9. The maximum atomic E-state index is 13.1. The topological polar surface area (TPSA) is 80.2 Å². The number of esters is 1. The number of allylic oxidation sites excluding steroid dienone is 1. The van der Waals surface area contributed by atoms with Crippen LogP contribution in [0.1, 0.15) is 50.3 Å². The van der Waals surface area contributed by atoms with E-state index in [1.54, 1.807) is 6.92 Å². The van der Waals surface area contributed by atoms with E-state index in [9.17, 15) is 9.59 Å². The van der Waals surface area contributed by atoms with Gasteiger partial charge in [0.1, 0.15) is 12.4 Å². The molecule has 1 atom stereocenters. The molecule has 7 nitrogen and oxygen atoms in total. The Morgan fingerprint density at radius 3 is 2.69 bits per heavy atom. The lowest BCUT2D eigenvalue weighted by Crippen LogP contribution is -2.38. The molecule has 186 valence electrons. The Balaban J connectivity index is 1.46. The molecule has 36 heavy (non-hydrogen) atoms. The van der Waals surface area contributed by atoms with Gasteiger partial charge in [-0.3, -0.25) is 4.79 Å². The van der Waals surface area contributed by atoms with Gasteiger partial charge in [0.05, 0.1) is 30.3 Å². The number of aliphatic imine (C=N–C) groups is 1. The van der Waals surface area contributed by atoms with Gasteiger partial charge in [-0.2, -0.15) is 0 Å². The number of amides is 1. The Hall–Kier alpha value is -3.52. The van der Waals surface area contributed by atoms with Gasteiger partial charge < -0.3 is 19.7 Å². The fourth-order valence-electron chi connectivity index (χ4n) is 4.34. The highest BCUT2D eigenvalue weighted by Crippen LogP contribution is 2.45. The second kappa shape index (κ2) is 10.6. The zero-order valence-electron chi connectivity index (χ0n) is 20.4. The number of thioether (sulfide) groups is 1. The summed E-state index contributed by atoms with van der Waals surface area (Å²) in [7, 11) is 0. The Labute approximate surface area is 215 Å². The third kappa shape index (κ3) is 5.33. The molecule has 2 aromatic rings. The predicted octanol–water partition coefficient (Wildman–Crippen LogP) is 5.07. The van der Waals surface area contributed by atoms with Crippen LogP contribution in [0.4, 0.5) is 0 Å². The molecule has 0 saturated heterocycles. The zero-order chi connectivity index (χ0) is 25.1. The van der Waals surface area contributed by atoms with Crippen LogP contribution in [0.5, 0.6) is 5.75 Å². The van der Waals surface area contributed by atoms with Crippen LogP contribution < -0.4 is 10.1 Å². The highest BCUT2D eigenvalue weighted by Gasteiger charge is 2.41. The van der Waals surface area contributed by atoms with Crippen molar-refractivity contribution in [3.05, 3.63) is 88.1 Å². The minimum Gasteiger partial charge on any atom is -0.489 e. The third-order valence-corrected chi connectivity index (χ3v) is 7.09. The molecule has 1 amide bonds. The third-order valence-electron chi connectivity index (χ3n) is 6.20. The summed E-state index contributed by atoms with van der Waals surface area (Å²) in [6.45, 7) is 4.32. The van der Waals surface area contributed by atoms with Crippen LogP contribution in [0.25, 0.3) is 0 Å². The monoisotopic (exact) mass is 503 g/mol. The molecular weight excluding hydrogens is 474 g/mol. The summed E-state index contributed by atoms with van der Waals surface area (Å²) in [4.78, 5) is 32.5. The smallest absolute Gasteiger partial charge is 0.338 e. The molecule has 1 N–H and O–H groups in total. The fraction of sp³-hybridized carbons (Fsp3) is 0.321. The van der Waals surface area contributed by atoms with Crippen LogP contribution in [0.3, 0.4) is 0 Å². The molecule has 8 heteroatoms. The average molecular weight is 504 g/mol. The molecule has 1 saturated carbocycles. The standard InChI is InChI=1S/C28H29N3O4S/c1-3-34-27(33)25-18(2)29-28-31(22(17-36-28)15-24(32)30-21-12-13-21)26(25)20-10-7-11-23(14-20)35-16-19-8-5-4-6-9-19/h4-11,14,17,21,26H,3,12-13,15-16H2,1-2H3,(H,30,32). The highest BCUT2D eigenvalue weighted by molar-refractivity contribution is 8.16. The normalized spacial score (nSPS) is 18.8. The van der Waals surface area contributed by atoms with Gasteiger partial charge in [0.2, 0.25) is 5.91 Å². The summed E-state index contributed by atoms with van der Waals surface area (Å²) in [6.07, 6.45) is 2.28. The largest absolute Gasteiger partial charge is 0.489 e. The summed E-state index contributed by atoms with van der Waals surface area (Å²) in [5.74, 6) is 0.274. The van der Waals surface area contributed by atoms with Gasteiger partial charge in [0.25, 0.3) is 0 Å². The molecule has 1 unspecified atom stereocenters. The van der Waals surface area contributed by atoms with E-state index >= 15 is 0 Å². The molecule has 0 aromatic heterocycles. The van der Waals surface area contributed by atoms with E-state index in [-0.39, 0.29) is 25.0 Å². The summed E-state index contributed by atoms with van der Waals surface area (Å²) in [6, 6.07) is 17.5. The van der Waals surface area contributed by atoms with Crippen molar-refractivity contribution in [3.8, 4) is 5.75 Å². The molecule has 0 spiro atoms. The first kappa shape index (κ1) is 24.2. The molecule has 0 radical (unpaired) electrons. The lowest BCUT2D eigenvalue weighted by molar-refractivity contribution is -0.139. The van der Waals surface area contributed by atoms with Crippen molar-refractivity contribution in [1.29, 1.82) is 0 Å². The second-order valence-electron chi connectivity index (χ2n) is 8.98. The summed E-state index contributed by atoms with van der Waals surface area (Å²) < 4.78 is 11.5. The van der Waals surface area contributed by atoms with Crippen molar-refractivity contribution in [2.45, 2.75) is 51.8 Å². The lowest BCUT2D eigenvalue weighted by Gasteiger charge is -2.36. The number of hydrogen-bond donors (Lipinski definition) is 1.